The molecule has 1 aromatic rings. The molecule has 0 bridgehead atoms. The molecule has 13 heavy (non-hydrogen) atoms. The first-order valence-corrected chi connectivity index (χ1v) is 4.94. The van der Waals surface area contributed by atoms with Crippen LogP contribution in [-0.2, 0) is 4.84 Å². The fourth-order valence-electron chi connectivity index (χ4n) is 0.703. The highest BCUT2D eigenvalue weighted by Gasteiger charge is 2.04. The molecular formula is C8H5Br2NO2. The van der Waals surface area contributed by atoms with Crippen LogP contribution in [0.5, 0.6) is 0 Å². The second kappa shape index (κ2) is 5.14. The van der Waals surface area contributed by atoms with E-state index in [1.807, 2.05) is 6.07 Å². The molecule has 0 aromatic heterocycles. The first-order chi connectivity index (χ1) is 6.20. The first kappa shape index (κ1) is 10.4. The lowest BCUT2D eigenvalue weighted by Crippen LogP contribution is -2.00. The normalized spacial score (nSPS) is 9.08. The van der Waals surface area contributed by atoms with Crippen molar-refractivity contribution in [2.24, 2.45) is 5.16 Å². The van der Waals surface area contributed by atoms with E-state index in [0.29, 0.717) is 9.09 Å². The van der Waals surface area contributed by atoms with E-state index >= 15 is 0 Å². The van der Waals surface area contributed by atoms with E-state index in [2.05, 4.69) is 41.9 Å². The van der Waals surface area contributed by atoms with Crippen molar-refractivity contribution in [2.75, 3.05) is 0 Å². The molecule has 3 nitrogen and oxygen atoms in total. The van der Waals surface area contributed by atoms with Crippen molar-refractivity contribution in [3.8, 4) is 0 Å². The summed E-state index contributed by atoms with van der Waals surface area (Å²) >= 11 is 5.93. The van der Waals surface area contributed by atoms with E-state index in [-0.39, 0.29) is 0 Å². The fourth-order valence-corrected chi connectivity index (χ4v) is 0.848. The molecule has 1 aromatic carbocycles. The Bertz CT molecular complexity index is 320. The monoisotopic (exact) mass is 305 g/mol. The highest BCUT2D eigenvalue weighted by Crippen LogP contribution is 2.04. The molecule has 0 aliphatic rings. The Morgan fingerprint density at radius 3 is 2.38 bits per heavy atom. The third-order valence-electron chi connectivity index (χ3n) is 1.21. The van der Waals surface area contributed by atoms with Crippen LogP contribution >= 0.6 is 31.9 Å². The largest absolute Gasteiger partial charge is 0.365 e. The van der Waals surface area contributed by atoms with Crippen LogP contribution in [0.15, 0.2) is 35.5 Å². The first-order valence-electron chi connectivity index (χ1n) is 3.35. The molecular weight excluding hydrogens is 302 g/mol. The summed E-state index contributed by atoms with van der Waals surface area (Å²) in [7, 11) is 0. The molecule has 0 saturated carbocycles. The summed E-state index contributed by atoms with van der Waals surface area (Å²) in [6, 6.07) is 8.63. The van der Waals surface area contributed by atoms with Gasteiger partial charge < -0.3 is 4.84 Å². The Hall–Kier alpha value is -0.680. The number of carbonyl (C=O) groups excluding carboxylic acids is 1. The van der Waals surface area contributed by atoms with Crippen LogP contribution in [-0.4, -0.2) is 9.50 Å². The summed E-state index contributed by atoms with van der Waals surface area (Å²) in [5, 5.41) is 3.40. The molecule has 5 heteroatoms. The van der Waals surface area contributed by atoms with Crippen molar-refractivity contribution in [1.82, 2.24) is 0 Å². The Morgan fingerprint density at radius 1 is 1.23 bits per heavy atom. The van der Waals surface area contributed by atoms with Gasteiger partial charge in [-0.25, -0.2) is 4.79 Å². The molecule has 1 rings (SSSR count). The Balaban J connectivity index is 2.65. The summed E-state index contributed by atoms with van der Waals surface area (Å²) < 4.78 is 0.337. The standard InChI is InChI=1S/C8H5Br2NO2/c9-8(10)11-13-7(12)6-4-2-1-3-5-6/h1-5H. The Labute approximate surface area is 92.0 Å². The number of hydrogen-bond acceptors (Lipinski definition) is 3. The van der Waals surface area contributed by atoms with Crippen molar-refractivity contribution >= 4 is 41.4 Å². The molecule has 0 spiro atoms. The summed E-state index contributed by atoms with van der Waals surface area (Å²) in [6.07, 6.45) is 0. The van der Waals surface area contributed by atoms with Crippen molar-refractivity contribution < 1.29 is 9.63 Å². The molecule has 0 amide bonds. The topological polar surface area (TPSA) is 38.7 Å². The fraction of sp³-hybridized carbons (Fsp3) is 0. The number of hydrogen-bond donors (Lipinski definition) is 0. The predicted octanol–water partition coefficient (Wildman–Crippen LogP) is 2.90. The van der Waals surface area contributed by atoms with Crippen LogP contribution in [0.1, 0.15) is 10.4 Å². The third-order valence-corrected chi connectivity index (χ3v) is 1.50. The number of carbonyl (C=O) groups is 1. The zero-order valence-corrected chi connectivity index (χ0v) is 9.58. The summed E-state index contributed by atoms with van der Waals surface area (Å²) in [5.41, 5.74) is 0.465. The van der Waals surface area contributed by atoms with Gasteiger partial charge in [-0.15, -0.1) is 0 Å². The SMILES string of the molecule is O=C(ON=C(Br)Br)c1ccccc1. The van der Waals surface area contributed by atoms with Crippen LogP contribution in [0.4, 0.5) is 0 Å². The summed E-state index contributed by atoms with van der Waals surface area (Å²) in [4.78, 5) is 15.7. The average Bonchev–Trinajstić information content (AvgIpc) is 2.15. The Kier molecular flexibility index (Phi) is 4.11. The van der Waals surface area contributed by atoms with E-state index in [1.165, 1.54) is 0 Å². The predicted molar refractivity (Wildman–Crippen MR) is 57.1 cm³/mol. The number of benzene rings is 1. The summed E-state index contributed by atoms with van der Waals surface area (Å²) in [5.74, 6) is -0.489. The minimum absolute atomic E-state index is 0.337. The van der Waals surface area contributed by atoms with Gasteiger partial charge in [0.1, 0.15) is 0 Å². The molecule has 0 N–H and O–H groups in total. The average molecular weight is 307 g/mol. The van der Waals surface area contributed by atoms with Gasteiger partial charge in [0.2, 0.25) is 0 Å². The van der Waals surface area contributed by atoms with Gasteiger partial charge in [-0.1, -0.05) is 23.4 Å². The second-order valence-corrected chi connectivity index (χ2v) is 4.64. The van der Waals surface area contributed by atoms with Gasteiger partial charge >= 0.3 is 5.97 Å². The van der Waals surface area contributed by atoms with Gasteiger partial charge in [0.05, 0.1) is 5.56 Å². The van der Waals surface area contributed by atoms with Gasteiger partial charge in [-0.05, 0) is 44.0 Å². The minimum atomic E-state index is -0.489. The third kappa shape index (κ3) is 3.69. The lowest BCUT2D eigenvalue weighted by Gasteiger charge is -1.95. The highest BCUT2D eigenvalue weighted by molar-refractivity contribution is 9.39. The van der Waals surface area contributed by atoms with Gasteiger partial charge in [0.15, 0.2) is 3.53 Å². The molecule has 68 valence electrons. The smallest absolute Gasteiger partial charge is 0.311 e. The molecule has 0 radical (unpaired) electrons. The van der Waals surface area contributed by atoms with Gasteiger partial charge in [-0.3, -0.25) is 0 Å². The molecule has 0 heterocycles. The Morgan fingerprint density at radius 2 is 1.85 bits per heavy atom. The zero-order chi connectivity index (χ0) is 9.68. The molecule has 0 aliphatic carbocycles. The zero-order valence-electron chi connectivity index (χ0n) is 6.41. The van der Waals surface area contributed by atoms with Crippen LogP contribution in [0, 0.1) is 0 Å². The van der Waals surface area contributed by atoms with E-state index in [0.717, 1.165) is 0 Å². The van der Waals surface area contributed by atoms with Crippen molar-refractivity contribution in [3.05, 3.63) is 35.9 Å². The van der Waals surface area contributed by atoms with E-state index in [4.69, 9.17) is 0 Å². The van der Waals surface area contributed by atoms with Crippen molar-refractivity contribution in [3.63, 3.8) is 0 Å². The second-order valence-electron chi connectivity index (χ2n) is 2.08. The number of nitrogens with zero attached hydrogens (tertiary/aromatic N) is 1. The quantitative estimate of drug-likeness (QED) is 0.479. The number of halogens is 2. The van der Waals surface area contributed by atoms with E-state index in [1.54, 1.807) is 24.3 Å². The van der Waals surface area contributed by atoms with Crippen LogP contribution in [0.3, 0.4) is 0 Å². The maximum Gasteiger partial charge on any atom is 0.365 e. The van der Waals surface area contributed by atoms with E-state index < -0.39 is 5.97 Å². The summed E-state index contributed by atoms with van der Waals surface area (Å²) in [6.45, 7) is 0. The molecule has 0 fully saturated rings. The minimum Gasteiger partial charge on any atom is -0.311 e. The van der Waals surface area contributed by atoms with Gasteiger partial charge in [0, 0.05) is 0 Å². The maximum atomic E-state index is 11.2. The number of oxime groups is 1. The number of rotatable bonds is 2. The van der Waals surface area contributed by atoms with Crippen LogP contribution in [0.2, 0.25) is 0 Å². The van der Waals surface area contributed by atoms with Gasteiger partial charge in [-0.2, -0.15) is 0 Å². The lowest BCUT2D eigenvalue weighted by atomic mass is 10.2. The lowest BCUT2D eigenvalue weighted by molar-refractivity contribution is 0.0520. The molecule has 0 unspecified atom stereocenters. The van der Waals surface area contributed by atoms with Crippen molar-refractivity contribution in [2.45, 2.75) is 0 Å². The molecule has 0 aliphatic heterocycles. The molecule has 0 saturated heterocycles. The molecule has 0 atom stereocenters. The van der Waals surface area contributed by atoms with Gasteiger partial charge in [0.25, 0.3) is 0 Å². The highest BCUT2D eigenvalue weighted by atomic mass is 79.9. The maximum absolute atomic E-state index is 11.2. The van der Waals surface area contributed by atoms with Crippen LogP contribution in [0.25, 0.3) is 0 Å². The van der Waals surface area contributed by atoms with Crippen LogP contribution < -0.4 is 0 Å². The van der Waals surface area contributed by atoms with Crippen molar-refractivity contribution in [1.29, 1.82) is 0 Å². The van der Waals surface area contributed by atoms with E-state index in [9.17, 15) is 4.79 Å².